The number of aromatic nitrogens is 2. The zero-order valence-electron chi connectivity index (χ0n) is 15.7. The molecular formula is C20H23FN6O. The largest absolute Gasteiger partial charge is 0.365 e. The van der Waals surface area contributed by atoms with Gasteiger partial charge in [0, 0.05) is 23.7 Å². The Kier molecular flexibility index (Phi) is 5.70. The smallest absolute Gasteiger partial charge is 0.252 e. The maximum absolute atomic E-state index is 14.5. The molecule has 28 heavy (non-hydrogen) atoms. The van der Waals surface area contributed by atoms with Crippen molar-refractivity contribution in [2.24, 2.45) is 11.5 Å². The van der Waals surface area contributed by atoms with Crippen molar-refractivity contribution < 1.29 is 9.18 Å². The monoisotopic (exact) mass is 382 g/mol. The van der Waals surface area contributed by atoms with Crippen LogP contribution in [0.25, 0.3) is 10.9 Å². The van der Waals surface area contributed by atoms with Crippen molar-refractivity contribution in [2.45, 2.75) is 32.4 Å². The SMILES string of the molecule is CC[C@@H](Nc1nc(Nc2cccc3cccnc23)c(C(N)=O)cc1F)[C@H](C)N. The molecule has 1 aromatic carbocycles. The molecule has 0 fully saturated rings. The number of nitrogens with zero attached hydrogens (tertiary/aromatic N) is 2. The number of rotatable bonds is 7. The number of para-hydroxylation sites is 1. The first-order chi connectivity index (χ1) is 13.4. The first-order valence-corrected chi connectivity index (χ1v) is 9.04. The molecule has 0 bridgehead atoms. The van der Waals surface area contributed by atoms with Crippen LogP contribution in [0.15, 0.2) is 42.6 Å². The van der Waals surface area contributed by atoms with E-state index in [1.165, 1.54) is 0 Å². The molecule has 7 nitrogen and oxygen atoms in total. The van der Waals surface area contributed by atoms with Crippen LogP contribution in [0.1, 0.15) is 30.6 Å². The second-order valence-electron chi connectivity index (χ2n) is 6.60. The lowest BCUT2D eigenvalue weighted by atomic mass is 10.1. The number of halogens is 1. The van der Waals surface area contributed by atoms with Crippen LogP contribution >= 0.6 is 0 Å². The van der Waals surface area contributed by atoms with E-state index in [0.29, 0.717) is 17.6 Å². The van der Waals surface area contributed by atoms with E-state index < -0.39 is 11.7 Å². The minimum absolute atomic E-state index is 0.00449. The van der Waals surface area contributed by atoms with Gasteiger partial charge in [0.05, 0.1) is 16.8 Å². The van der Waals surface area contributed by atoms with E-state index in [1.807, 2.05) is 38.1 Å². The average Bonchev–Trinajstić information content (AvgIpc) is 2.67. The fourth-order valence-electron chi connectivity index (χ4n) is 2.99. The summed E-state index contributed by atoms with van der Waals surface area (Å²) < 4.78 is 14.5. The van der Waals surface area contributed by atoms with Crippen molar-refractivity contribution in [3.05, 3.63) is 54.0 Å². The quantitative estimate of drug-likeness (QED) is 0.498. The molecule has 6 N–H and O–H groups in total. The zero-order valence-corrected chi connectivity index (χ0v) is 15.7. The molecule has 1 amide bonds. The van der Waals surface area contributed by atoms with Gasteiger partial charge in [0.25, 0.3) is 5.91 Å². The van der Waals surface area contributed by atoms with Crippen molar-refractivity contribution in [1.82, 2.24) is 9.97 Å². The summed E-state index contributed by atoms with van der Waals surface area (Å²) in [6, 6.07) is 10.0. The molecule has 2 heterocycles. The molecule has 0 unspecified atom stereocenters. The number of hydrogen-bond donors (Lipinski definition) is 4. The highest BCUT2D eigenvalue weighted by Gasteiger charge is 2.20. The van der Waals surface area contributed by atoms with Crippen LogP contribution < -0.4 is 22.1 Å². The minimum atomic E-state index is -0.784. The minimum Gasteiger partial charge on any atom is -0.365 e. The number of anilines is 3. The second-order valence-corrected chi connectivity index (χ2v) is 6.60. The highest BCUT2D eigenvalue weighted by molar-refractivity contribution is 6.00. The topological polar surface area (TPSA) is 119 Å². The molecule has 0 aliphatic carbocycles. The Morgan fingerprint density at radius 2 is 2.00 bits per heavy atom. The number of pyridine rings is 2. The summed E-state index contributed by atoms with van der Waals surface area (Å²) in [4.78, 5) is 20.5. The summed E-state index contributed by atoms with van der Waals surface area (Å²) in [5, 5.41) is 6.99. The van der Waals surface area contributed by atoms with Crippen LogP contribution in [0.5, 0.6) is 0 Å². The predicted molar refractivity (Wildman–Crippen MR) is 109 cm³/mol. The van der Waals surface area contributed by atoms with Crippen molar-refractivity contribution in [3.8, 4) is 0 Å². The zero-order chi connectivity index (χ0) is 20.3. The number of hydrogen-bond acceptors (Lipinski definition) is 6. The van der Waals surface area contributed by atoms with E-state index in [9.17, 15) is 9.18 Å². The van der Waals surface area contributed by atoms with Gasteiger partial charge in [-0.05, 0) is 31.5 Å². The lowest BCUT2D eigenvalue weighted by Crippen LogP contribution is -2.38. The van der Waals surface area contributed by atoms with E-state index in [1.54, 1.807) is 12.3 Å². The first-order valence-electron chi connectivity index (χ1n) is 9.04. The summed E-state index contributed by atoms with van der Waals surface area (Å²) in [7, 11) is 0. The summed E-state index contributed by atoms with van der Waals surface area (Å²) >= 11 is 0. The Hall–Kier alpha value is -3.26. The summed E-state index contributed by atoms with van der Waals surface area (Å²) in [5.41, 5.74) is 12.6. The molecule has 2 atom stereocenters. The molecule has 0 radical (unpaired) electrons. The molecule has 3 rings (SSSR count). The van der Waals surface area contributed by atoms with Gasteiger partial charge in [0.15, 0.2) is 11.6 Å². The molecular weight excluding hydrogens is 359 g/mol. The maximum atomic E-state index is 14.5. The second kappa shape index (κ2) is 8.18. The van der Waals surface area contributed by atoms with Crippen molar-refractivity contribution in [2.75, 3.05) is 10.6 Å². The number of primary amides is 1. The molecule has 2 aromatic heterocycles. The summed E-state index contributed by atoms with van der Waals surface area (Å²) in [6.07, 6.45) is 2.36. The van der Waals surface area contributed by atoms with Crippen LogP contribution in [-0.4, -0.2) is 28.0 Å². The van der Waals surface area contributed by atoms with Gasteiger partial charge in [-0.1, -0.05) is 25.1 Å². The summed E-state index contributed by atoms with van der Waals surface area (Å²) in [6.45, 7) is 3.77. The first kappa shape index (κ1) is 19.5. The van der Waals surface area contributed by atoms with Crippen LogP contribution in [-0.2, 0) is 0 Å². The van der Waals surface area contributed by atoms with Gasteiger partial charge in [0.1, 0.15) is 5.82 Å². The third kappa shape index (κ3) is 4.01. The standard InChI is InChI=1S/C20H23FN6O/c1-3-15(11(2)22)25-20-14(21)10-13(18(23)28)19(27-20)26-16-8-4-6-12-7-5-9-24-17(12)16/h4-11,15H,3,22H2,1-2H3,(H2,23,28)(H2,25,26,27)/t11-,15+/m0/s1. The van der Waals surface area contributed by atoms with Crippen LogP contribution in [0.3, 0.4) is 0 Å². The highest BCUT2D eigenvalue weighted by atomic mass is 19.1. The normalized spacial score (nSPS) is 13.1. The molecule has 3 aromatic rings. The molecule has 0 spiro atoms. The Labute approximate surface area is 162 Å². The Morgan fingerprint density at radius 3 is 2.68 bits per heavy atom. The molecule has 8 heteroatoms. The van der Waals surface area contributed by atoms with Crippen molar-refractivity contribution in [1.29, 1.82) is 0 Å². The fourth-order valence-corrected chi connectivity index (χ4v) is 2.99. The fraction of sp³-hybridized carbons (Fsp3) is 0.250. The highest BCUT2D eigenvalue weighted by Crippen LogP contribution is 2.28. The van der Waals surface area contributed by atoms with Gasteiger partial charge in [-0.3, -0.25) is 9.78 Å². The number of carbonyl (C=O) groups is 1. The van der Waals surface area contributed by atoms with E-state index >= 15 is 0 Å². The number of fused-ring (bicyclic) bond motifs is 1. The van der Waals surface area contributed by atoms with Crippen molar-refractivity contribution >= 4 is 34.1 Å². The predicted octanol–water partition coefficient (Wildman–Crippen LogP) is 3.15. The number of amides is 1. The van der Waals surface area contributed by atoms with Gasteiger partial charge in [0.2, 0.25) is 0 Å². The van der Waals surface area contributed by atoms with Crippen LogP contribution in [0.4, 0.5) is 21.7 Å². The van der Waals surface area contributed by atoms with Gasteiger partial charge >= 0.3 is 0 Å². The van der Waals surface area contributed by atoms with E-state index in [2.05, 4.69) is 20.6 Å². The molecule has 0 aliphatic heterocycles. The Balaban J connectivity index is 2.05. The van der Waals surface area contributed by atoms with E-state index in [-0.39, 0.29) is 29.3 Å². The third-order valence-corrected chi connectivity index (χ3v) is 4.52. The lowest BCUT2D eigenvalue weighted by molar-refractivity contribution is 0.100. The van der Waals surface area contributed by atoms with Gasteiger partial charge in [-0.2, -0.15) is 0 Å². The van der Waals surface area contributed by atoms with Crippen LogP contribution in [0, 0.1) is 5.82 Å². The average molecular weight is 382 g/mol. The summed E-state index contributed by atoms with van der Waals surface area (Å²) in [5.74, 6) is -1.30. The lowest BCUT2D eigenvalue weighted by Gasteiger charge is -2.22. The van der Waals surface area contributed by atoms with Crippen molar-refractivity contribution in [3.63, 3.8) is 0 Å². The van der Waals surface area contributed by atoms with Gasteiger partial charge < -0.3 is 22.1 Å². The number of nitrogens with two attached hydrogens (primary N) is 2. The Bertz CT molecular complexity index is 1000. The van der Waals surface area contributed by atoms with Crippen LogP contribution in [0.2, 0.25) is 0 Å². The van der Waals surface area contributed by atoms with Gasteiger partial charge in [-0.25, -0.2) is 9.37 Å². The number of carbonyl (C=O) groups excluding carboxylic acids is 1. The van der Waals surface area contributed by atoms with E-state index in [4.69, 9.17) is 11.5 Å². The molecule has 0 saturated carbocycles. The molecule has 0 saturated heterocycles. The molecule has 0 aliphatic rings. The number of nitrogens with one attached hydrogen (secondary N) is 2. The maximum Gasteiger partial charge on any atom is 0.252 e. The number of benzene rings is 1. The van der Waals surface area contributed by atoms with Gasteiger partial charge in [-0.15, -0.1) is 0 Å². The molecule has 146 valence electrons. The van der Waals surface area contributed by atoms with E-state index in [0.717, 1.165) is 11.5 Å². The third-order valence-electron chi connectivity index (χ3n) is 4.52. The Morgan fingerprint density at radius 1 is 1.25 bits per heavy atom.